The number of carboxylic acids is 1. The normalized spacial score (nSPS) is 41.9. The van der Waals surface area contributed by atoms with Gasteiger partial charge in [-0.25, -0.2) is 0 Å². The van der Waals surface area contributed by atoms with Crippen LogP contribution in [0.2, 0.25) is 5.02 Å². The van der Waals surface area contributed by atoms with Crippen molar-refractivity contribution in [1.29, 1.82) is 0 Å². The molecular weight excluding hydrogens is 272 g/mol. The maximum absolute atomic E-state index is 12.1. The maximum atomic E-state index is 12.1. The van der Waals surface area contributed by atoms with Crippen molar-refractivity contribution in [1.82, 2.24) is 0 Å². The Morgan fingerprint density at radius 2 is 1.70 bits per heavy atom. The van der Waals surface area contributed by atoms with Gasteiger partial charge in [0.15, 0.2) is 0 Å². The minimum absolute atomic E-state index is 0.185. The third kappa shape index (κ3) is 1.67. The van der Waals surface area contributed by atoms with Crippen molar-refractivity contribution < 1.29 is 9.90 Å². The van der Waals surface area contributed by atoms with E-state index in [2.05, 4.69) is 0 Å². The predicted molar refractivity (Wildman–Crippen MR) is 77.8 cm³/mol. The van der Waals surface area contributed by atoms with Crippen LogP contribution in [0.5, 0.6) is 0 Å². The molecule has 3 atom stereocenters. The molecule has 5 rings (SSSR count). The van der Waals surface area contributed by atoms with Crippen LogP contribution in [0, 0.1) is 23.2 Å². The first-order valence-corrected chi connectivity index (χ1v) is 7.95. The van der Waals surface area contributed by atoms with Gasteiger partial charge in [-0.1, -0.05) is 23.7 Å². The van der Waals surface area contributed by atoms with Gasteiger partial charge < -0.3 is 5.11 Å². The number of halogens is 1. The summed E-state index contributed by atoms with van der Waals surface area (Å²) in [6, 6.07) is 7.88. The first-order valence-electron chi connectivity index (χ1n) is 7.57. The third-order valence-corrected chi connectivity index (χ3v) is 6.22. The highest BCUT2D eigenvalue weighted by molar-refractivity contribution is 6.30. The lowest BCUT2D eigenvalue weighted by molar-refractivity contribution is -0.169. The molecule has 4 bridgehead atoms. The van der Waals surface area contributed by atoms with Gasteiger partial charge in [0.2, 0.25) is 0 Å². The number of aliphatic carboxylic acids is 1. The van der Waals surface area contributed by atoms with E-state index in [0.717, 1.165) is 17.9 Å². The van der Waals surface area contributed by atoms with Crippen LogP contribution in [0.3, 0.4) is 0 Å². The molecule has 20 heavy (non-hydrogen) atoms. The number of rotatable bonds is 2. The summed E-state index contributed by atoms with van der Waals surface area (Å²) in [6.07, 6.45) is 5.46. The number of carbonyl (C=O) groups is 1. The number of carboxylic acid groups (broad SMARTS) is 1. The summed E-state index contributed by atoms with van der Waals surface area (Å²) >= 11 is 5.98. The SMILES string of the molecule is O=C(O)C12CC3CC(CC(C3)C1c1ccc(Cl)cc1)C2. The van der Waals surface area contributed by atoms with Gasteiger partial charge in [-0.05, 0) is 67.6 Å². The second-order valence-corrected chi connectivity index (χ2v) is 7.53. The lowest BCUT2D eigenvalue weighted by Gasteiger charge is -2.59. The van der Waals surface area contributed by atoms with Crippen LogP contribution >= 0.6 is 11.6 Å². The van der Waals surface area contributed by atoms with Crippen molar-refractivity contribution in [3.05, 3.63) is 34.9 Å². The molecule has 3 heteroatoms. The highest BCUT2D eigenvalue weighted by Gasteiger charge is 2.61. The molecule has 3 unspecified atom stereocenters. The molecule has 0 radical (unpaired) electrons. The largest absolute Gasteiger partial charge is 0.481 e. The van der Waals surface area contributed by atoms with Gasteiger partial charge >= 0.3 is 5.97 Å². The zero-order valence-corrected chi connectivity index (χ0v) is 12.1. The Hall–Kier alpha value is -1.02. The summed E-state index contributed by atoms with van der Waals surface area (Å²) in [5.41, 5.74) is 0.670. The molecule has 2 nitrogen and oxygen atoms in total. The lowest BCUT2D eigenvalue weighted by atomic mass is 9.44. The quantitative estimate of drug-likeness (QED) is 0.880. The third-order valence-electron chi connectivity index (χ3n) is 5.97. The van der Waals surface area contributed by atoms with E-state index in [4.69, 9.17) is 11.6 Å². The smallest absolute Gasteiger partial charge is 0.310 e. The Balaban J connectivity index is 1.80. The van der Waals surface area contributed by atoms with Gasteiger partial charge in [0.05, 0.1) is 5.41 Å². The summed E-state index contributed by atoms with van der Waals surface area (Å²) in [7, 11) is 0. The van der Waals surface area contributed by atoms with Gasteiger partial charge in [0.1, 0.15) is 0 Å². The summed E-state index contributed by atoms with van der Waals surface area (Å²) in [4.78, 5) is 12.1. The van der Waals surface area contributed by atoms with Crippen LogP contribution in [0.1, 0.15) is 43.6 Å². The van der Waals surface area contributed by atoms with E-state index >= 15 is 0 Å². The first-order chi connectivity index (χ1) is 9.58. The Morgan fingerprint density at radius 3 is 2.25 bits per heavy atom. The minimum Gasteiger partial charge on any atom is -0.481 e. The van der Waals surface area contributed by atoms with Gasteiger partial charge in [-0.2, -0.15) is 0 Å². The highest BCUT2D eigenvalue weighted by Crippen LogP contribution is 2.66. The monoisotopic (exact) mass is 290 g/mol. The van der Waals surface area contributed by atoms with Gasteiger partial charge in [0, 0.05) is 10.9 Å². The predicted octanol–water partition coefficient (Wildman–Crippen LogP) is 4.33. The molecule has 0 amide bonds. The average molecular weight is 291 g/mol. The van der Waals surface area contributed by atoms with Crippen molar-refractivity contribution in [2.75, 3.05) is 0 Å². The van der Waals surface area contributed by atoms with Crippen LogP contribution in [0.25, 0.3) is 0 Å². The van der Waals surface area contributed by atoms with Crippen LogP contribution in [0.4, 0.5) is 0 Å². The molecule has 0 heterocycles. The van der Waals surface area contributed by atoms with E-state index in [0.29, 0.717) is 17.8 Å². The van der Waals surface area contributed by atoms with Gasteiger partial charge in [0.25, 0.3) is 0 Å². The molecule has 1 aromatic rings. The summed E-state index contributed by atoms with van der Waals surface area (Å²) < 4.78 is 0. The van der Waals surface area contributed by atoms with Crippen molar-refractivity contribution in [2.24, 2.45) is 23.2 Å². The van der Waals surface area contributed by atoms with E-state index < -0.39 is 11.4 Å². The van der Waals surface area contributed by atoms with Crippen molar-refractivity contribution in [3.63, 3.8) is 0 Å². The molecule has 4 fully saturated rings. The number of hydrogen-bond acceptors (Lipinski definition) is 1. The molecule has 4 aliphatic rings. The Labute approximate surface area is 124 Å². The van der Waals surface area contributed by atoms with Crippen LogP contribution in [-0.2, 0) is 4.79 Å². The van der Waals surface area contributed by atoms with Crippen LogP contribution in [0.15, 0.2) is 24.3 Å². The average Bonchev–Trinajstić information content (AvgIpc) is 2.39. The standard InChI is InChI=1S/C17H19ClO2/c18-14-3-1-12(2-4-14)15-13-6-10-5-11(7-13)9-17(15,8-10)16(19)20/h1-4,10-11,13,15H,5-9H2,(H,19,20). The molecule has 0 saturated heterocycles. The summed E-state index contributed by atoms with van der Waals surface area (Å²) in [5.74, 6) is 1.46. The first kappa shape index (κ1) is 12.7. The minimum atomic E-state index is -0.573. The molecular formula is C17H19ClO2. The fourth-order valence-corrected chi connectivity index (χ4v) is 5.74. The maximum Gasteiger partial charge on any atom is 0.310 e. The second kappa shape index (κ2) is 4.24. The van der Waals surface area contributed by atoms with Crippen molar-refractivity contribution in [2.45, 2.75) is 38.0 Å². The van der Waals surface area contributed by atoms with Crippen LogP contribution < -0.4 is 0 Å². The Bertz CT molecular complexity index is 537. The Kier molecular flexibility index (Phi) is 2.69. The number of benzene rings is 1. The van der Waals surface area contributed by atoms with E-state index in [1.165, 1.54) is 24.8 Å². The van der Waals surface area contributed by atoms with E-state index in [9.17, 15) is 9.90 Å². The fraction of sp³-hybridized carbons (Fsp3) is 0.588. The van der Waals surface area contributed by atoms with Crippen molar-refractivity contribution in [3.8, 4) is 0 Å². The van der Waals surface area contributed by atoms with Crippen molar-refractivity contribution >= 4 is 17.6 Å². The topological polar surface area (TPSA) is 37.3 Å². The Morgan fingerprint density at radius 1 is 1.10 bits per heavy atom. The zero-order chi connectivity index (χ0) is 13.9. The molecule has 0 aliphatic heterocycles. The molecule has 1 N–H and O–H groups in total. The lowest BCUT2D eigenvalue weighted by Crippen LogP contribution is -2.55. The second-order valence-electron chi connectivity index (χ2n) is 7.10. The number of hydrogen-bond donors (Lipinski definition) is 1. The van der Waals surface area contributed by atoms with E-state index in [-0.39, 0.29) is 5.92 Å². The van der Waals surface area contributed by atoms with E-state index in [1.54, 1.807) is 0 Å². The molecule has 106 valence electrons. The molecule has 4 saturated carbocycles. The molecule has 0 spiro atoms. The molecule has 0 aromatic heterocycles. The summed E-state index contributed by atoms with van der Waals surface area (Å²) in [5, 5.41) is 10.7. The van der Waals surface area contributed by atoms with Crippen LogP contribution in [-0.4, -0.2) is 11.1 Å². The fourth-order valence-electron chi connectivity index (χ4n) is 5.61. The van der Waals surface area contributed by atoms with E-state index in [1.807, 2.05) is 24.3 Å². The zero-order valence-electron chi connectivity index (χ0n) is 11.4. The molecule has 1 aromatic carbocycles. The summed E-state index contributed by atoms with van der Waals surface area (Å²) in [6.45, 7) is 0. The molecule has 4 aliphatic carbocycles. The van der Waals surface area contributed by atoms with Gasteiger partial charge in [-0.15, -0.1) is 0 Å². The highest BCUT2D eigenvalue weighted by atomic mass is 35.5. The van der Waals surface area contributed by atoms with Gasteiger partial charge in [-0.3, -0.25) is 4.79 Å².